The third kappa shape index (κ3) is 2.70. The smallest absolute Gasteiger partial charge is 0.0870 e. The number of hydrogen-bond acceptors (Lipinski definition) is 2. The second-order valence-corrected chi connectivity index (χ2v) is 6.54. The number of hydrogen-bond donors (Lipinski definition) is 1. The highest BCUT2D eigenvalue weighted by Gasteiger charge is 2.40. The molecular formula is C19H25NO. The Kier molecular flexibility index (Phi) is 4.01. The molecule has 1 fully saturated rings. The molecule has 2 nitrogen and oxygen atoms in total. The van der Waals surface area contributed by atoms with E-state index >= 15 is 0 Å². The van der Waals surface area contributed by atoms with Gasteiger partial charge in [-0.3, -0.25) is 0 Å². The van der Waals surface area contributed by atoms with Gasteiger partial charge in [-0.25, -0.2) is 0 Å². The number of methoxy groups -OCH3 is 1. The highest BCUT2D eigenvalue weighted by molar-refractivity contribution is 5.83. The zero-order chi connectivity index (χ0) is 14.9. The van der Waals surface area contributed by atoms with Crippen LogP contribution in [0.5, 0.6) is 0 Å². The van der Waals surface area contributed by atoms with E-state index in [9.17, 15) is 0 Å². The minimum absolute atomic E-state index is 0.0559. The fourth-order valence-electron chi connectivity index (χ4n) is 3.60. The predicted octanol–water partition coefficient (Wildman–Crippen LogP) is 4.43. The third-order valence-corrected chi connectivity index (χ3v) is 5.23. The molecule has 0 heterocycles. The molecule has 1 aliphatic carbocycles. The van der Waals surface area contributed by atoms with Crippen LogP contribution in [-0.2, 0) is 4.74 Å². The van der Waals surface area contributed by atoms with Gasteiger partial charge in [0.25, 0.3) is 0 Å². The van der Waals surface area contributed by atoms with Gasteiger partial charge in [0.2, 0.25) is 0 Å². The van der Waals surface area contributed by atoms with E-state index in [2.05, 4.69) is 49.4 Å². The van der Waals surface area contributed by atoms with Crippen LogP contribution in [0.25, 0.3) is 10.8 Å². The Morgan fingerprint density at radius 2 is 1.76 bits per heavy atom. The van der Waals surface area contributed by atoms with Gasteiger partial charge in [-0.15, -0.1) is 0 Å². The summed E-state index contributed by atoms with van der Waals surface area (Å²) in [5.74, 6) is 0.789. The molecule has 1 aliphatic rings. The SMILES string of the molecule is COC1(C(N)c2ccc3ccccc3c2)CCC(C)CC1. The normalized spacial score (nSPS) is 27.7. The van der Waals surface area contributed by atoms with E-state index in [1.54, 1.807) is 0 Å². The van der Waals surface area contributed by atoms with Crippen molar-refractivity contribution in [2.24, 2.45) is 11.7 Å². The Balaban J connectivity index is 1.92. The minimum atomic E-state index is -0.199. The Morgan fingerprint density at radius 1 is 1.10 bits per heavy atom. The summed E-state index contributed by atoms with van der Waals surface area (Å²) in [7, 11) is 1.82. The first-order valence-electron chi connectivity index (χ1n) is 7.94. The average Bonchev–Trinajstić information content (AvgIpc) is 2.55. The van der Waals surface area contributed by atoms with Crippen molar-refractivity contribution < 1.29 is 4.74 Å². The molecule has 2 aromatic carbocycles. The molecule has 21 heavy (non-hydrogen) atoms. The van der Waals surface area contributed by atoms with E-state index in [0.717, 1.165) is 18.8 Å². The third-order valence-electron chi connectivity index (χ3n) is 5.23. The summed E-state index contributed by atoms with van der Waals surface area (Å²) in [4.78, 5) is 0. The lowest BCUT2D eigenvalue weighted by Gasteiger charge is -2.42. The Labute approximate surface area is 127 Å². The van der Waals surface area contributed by atoms with Gasteiger partial charge >= 0.3 is 0 Å². The summed E-state index contributed by atoms with van der Waals surface area (Å²) < 4.78 is 5.93. The fourth-order valence-corrected chi connectivity index (χ4v) is 3.60. The first-order valence-corrected chi connectivity index (χ1v) is 7.94. The van der Waals surface area contributed by atoms with E-state index < -0.39 is 0 Å². The number of nitrogens with two attached hydrogens (primary N) is 1. The molecule has 0 spiro atoms. The molecule has 0 aliphatic heterocycles. The molecule has 1 unspecified atom stereocenters. The van der Waals surface area contributed by atoms with Crippen molar-refractivity contribution in [2.75, 3.05) is 7.11 Å². The topological polar surface area (TPSA) is 35.2 Å². The van der Waals surface area contributed by atoms with Gasteiger partial charge in [0.05, 0.1) is 11.6 Å². The molecule has 0 bridgehead atoms. The van der Waals surface area contributed by atoms with Crippen LogP contribution in [0.3, 0.4) is 0 Å². The predicted molar refractivity (Wildman–Crippen MR) is 88.2 cm³/mol. The van der Waals surface area contributed by atoms with Gasteiger partial charge in [0.1, 0.15) is 0 Å². The van der Waals surface area contributed by atoms with Crippen LogP contribution in [0.1, 0.15) is 44.2 Å². The molecule has 0 amide bonds. The molecule has 2 N–H and O–H groups in total. The maximum atomic E-state index is 6.63. The van der Waals surface area contributed by atoms with Crippen LogP contribution in [0.4, 0.5) is 0 Å². The Hall–Kier alpha value is -1.38. The van der Waals surface area contributed by atoms with Crippen LogP contribution in [0.15, 0.2) is 42.5 Å². The van der Waals surface area contributed by atoms with E-state index in [0.29, 0.717) is 0 Å². The second-order valence-electron chi connectivity index (χ2n) is 6.54. The Bertz CT molecular complexity index is 614. The van der Waals surface area contributed by atoms with Gasteiger partial charge in [-0.1, -0.05) is 43.3 Å². The first-order chi connectivity index (χ1) is 10.1. The summed E-state index contributed by atoms with van der Waals surface area (Å²) in [5.41, 5.74) is 7.61. The fraction of sp³-hybridized carbons (Fsp3) is 0.474. The monoisotopic (exact) mass is 283 g/mol. The summed E-state index contributed by atoms with van der Waals surface area (Å²) in [6.07, 6.45) is 4.52. The van der Waals surface area contributed by atoms with Gasteiger partial charge < -0.3 is 10.5 Å². The highest BCUT2D eigenvalue weighted by atomic mass is 16.5. The summed E-state index contributed by atoms with van der Waals surface area (Å²) in [5, 5.41) is 2.51. The maximum Gasteiger partial charge on any atom is 0.0870 e. The largest absolute Gasteiger partial charge is 0.376 e. The van der Waals surface area contributed by atoms with Crippen molar-refractivity contribution in [3.63, 3.8) is 0 Å². The van der Waals surface area contributed by atoms with Crippen LogP contribution < -0.4 is 5.73 Å². The van der Waals surface area contributed by atoms with Crippen molar-refractivity contribution in [3.8, 4) is 0 Å². The highest BCUT2D eigenvalue weighted by Crippen LogP contribution is 2.42. The van der Waals surface area contributed by atoms with Gasteiger partial charge in [-0.05, 0) is 54.0 Å². The maximum absolute atomic E-state index is 6.63. The molecule has 3 rings (SSSR count). The average molecular weight is 283 g/mol. The zero-order valence-corrected chi connectivity index (χ0v) is 13.0. The van der Waals surface area contributed by atoms with Gasteiger partial charge in [0, 0.05) is 7.11 Å². The summed E-state index contributed by atoms with van der Waals surface area (Å²) in [6.45, 7) is 2.32. The lowest BCUT2D eigenvalue weighted by Crippen LogP contribution is -2.45. The van der Waals surface area contributed by atoms with Crippen LogP contribution in [0.2, 0.25) is 0 Å². The van der Waals surface area contributed by atoms with E-state index in [4.69, 9.17) is 10.5 Å². The van der Waals surface area contributed by atoms with E-state index in [1.807, 2.05) is 7.11 Å². The second kappa shape index (κ2) is 5.78. The van der Waals surface area contributed by atoms with Gasteiger partial charge in [0.15, 0.2) is 0 Å². The van der Waals surface area contributed by atoms with Crippen molar-refractivity contribution >= 4 is 10.8 Å². The quantitative estimate of drug-likeness (QED) is 0.904. The zero-order valence-electron chi connectivity index (χ0n) is 13.0. The first kappa shape index (κ1) is 14.6. The number of ether oxygens (including phenoxy) is 1. The van der Waals surface area contributed by atoms with E-state index in [1.165, 1.54) is 29.2 Å². The van der Waals surface area contributed by atoms with Crippen molar-refractivity contribution in [3.05, 3.63) is 48.0 Å². The lowest BCUT2D eigenvalue weighted by molar-refractivity contribution is -0.0671. The molecule has 1 saturated carbocycles. The van der Waals surface area contributed by atoms with Crippen molar-refractivity contribution in [1.29, 1.82) is 0 Å². The van der Waals surface area contributed by atoms with E-state index in [-0.39, 0.29) is 11.6 Å². The molecule has 0 saturated heterocycles. The van der Waals surface area contributed by atoms with Crippen molar-refractivity contribution in [1.82, 2.24) is 0 Å². The number of rotatable bonds is 3. The Morgan fingerprint density at radius 3 is 2.43 bits per heavy atom. The summed E-state index contributed by atoms with van der Waals surface area (Å²) in [6, 6.07) is 14.9. The number of benzene rings is 2. The lowest BCUT2D eigenvalue weighted by atomic mass is 9.73. The van der Waals surface area contributed by atoms with Crippen LogP contribution in [0, 0.1) is 5.92 Å². The van der Waals surface area contributed by atoms with Crippen molar-refractivity contribution in [2.45, 2.75) is 44.2 Å². The molecule has 1 atom stereocenters. The van der Waals surface area contributed by atoms with Gasteiger partial charge in [-0.2, -0.15) is 0 Å². The molecule has 0 aromatic heterocycles. The standard InChI is InChI=1S/C19H25NO/c1-14-9-11-19(21-2,12-10-14)18(20)17-8-7-15-5-3-4-6-16(15)13-17/h3-8,13-14,18H,9-12,20H2,1-2H3. The molecule has 112 valence electrons. The molecular weight excluding hydrogens is 258 g/mol. The number of fused-ring (bicyclic) bond motifs is 1. The van der Waals surface area contributed by atoms with Crippen LogP contribution in [-0.4, -0.2) is 12.7 Å². The molecule has 0 radical (unpaired) electrons. The molecule has 2 heteroatoms. The minimum Gasteiger partial charge on any atom is -0.376 e. The molecule has 2 aromatic rings. The van der Waals surface area contributed by atoms with Crippen LogP contribution >= 0.6 is 0 Å². The summed E-state index contributed by atoms with van der Waals surface area (Å²) >= 11 is 0.